The molecule has 10 nitrogen and oxygen atoms in total. The summed E-state index contributed by atoms with van der Waals surface area (Å²) >= 11 is 0. The Morgan fingerprint density at radius 1 is 0.900 bits per heavy atom. The van der Waals surface area contributed by atoms with Gasteiger partial charge in [-0.05, 0) is 53.6 Å². The number of carboxylic acid groups (broad SMARTS) is 1. The number of carbonyl (C=O) groups excluding carboxylic acids is 1. The molecule has 1 heterocycles. The lowest BCUT2D eigenvalue weighted by Gasteiger charge is -2.17. The zero-order valence-corrected chi connectivity index (χ0v) is 22.1. The van der Waals surface area contributed by atoms with Crippen LogP contribution in [0.2, 0.25) is 0 Å². The summed E-state index contributed by atoms with van der Waals surface area (Å²) in [5.74, 6) is -1.56. The van der Waals surface area contributed by atoms with Crippen LogP contribution >= 0.6 is 0 Å². The van der Waals surface area contributed by atoms with Crippen LogP contribution in [0.5, 0.6) is 0 Å². The number of anilines is 2. The molecule has 40 heavy (non-hydrogen) atoms. The number of carboxylic acids is 1. The van der Waals surface area contributed by atoms with Crippen LogP contribution in [0.3, 0.4) is 0 Å². The molecule has 0 aliphatic carbocycles. The van der Waals surface area contributed by atoms with Crippen molar-refractivity contribution in [3.8, 4) is 0 Å². The molecule has 0 radical (unpaired) electrons. The number of carbonyl (C=O) groups is 2. The van der Waals surface area contributed by atoms with E-state index in [9.17, 15) is 23.1 Å². The third kappa shape index (κ3) is 7.29. The highest BCUT2D eigenvalue weighted by Gasteiger charge is 2.31. The number of nitrogens with one attached hydrogen (secondary N) is 2. The maximum Gasteiger partial charge on any atom is 0.305 e. The lowest BCUT2D eigenvalue weighted by Crippen LogP contribution is -2.23. The molecule has 0 spiro atoms. The van der Waals surface area contributed by atoms with Gasteiger partial charge in [-0.15, -0.1) is 0 Å². The fraction of sp³-hybridized carbons (Fsp3) is 0.103. The largest absolute Gasteiger partial charge is 0.481 e. The summed E-state index contributed by atoms with van der Waals surface area (Å²) in [5.41, 5.74) is 8.33. The SMILES string of the molecule is NC(=NCc1ccccc1)Nc1cccc(C(=O)Nc2cccc(S(=O)(=O)C(CC(=O)O)c3cccnc3)c2)c1. The number of pyridine rings is 1. The maximum atomic E-state index is 13.4. The van der Waals surface area contributed by atoms with Crippen LogP contribution in [0.15, 0.2) is 113 Å². The van der Waals surface area contributed by atoms with Crippen LogP contribution in [-0.2, 0) is 21.2 Å². The first-order chi connectivity index (χ1) is 19.2. The average molecular weight is 558 g/mol. The van der Waals surface area contributed by atoms with Crippen molar-refractivity contribution in [1.29, 1.82) is 0 Å². The van der Waals surface area contributed by atoms with E-state index in [1.807, 2.05) is 30.3 Å². The predicted molar refractivity (Wildman–Crippen MR) is 153 cm³/mol. The monoisotopic (exact) mass is 557 g/mol. The first-order valence-corrected chi connectivity index (χ1v) is 13.7. The quantitative estimate of drug-likeness (QED) is 0.166. The Morgan fingerprint density at radius 3 is 2.33 bits per heavy atom. The van der Waals surface area contributed by atoms with Gasteiger partial charge >= 0.3 is 5.97 Å². The fourth-order valence-corrected chi connectivity index (χ4v) is 5.68. The lowest BCUT2D eigenvalue weighted by atomic mass is 10.1. The third-order valence-corrected chi connectivity index (χ3v) is 7.98. The molecule has 0 saturated carbocycles. The smallest absolute Gasteiger partial charge is 0.305 e. The zero-order valence-electron chi connectivity index (χ0n) is 21.3. The van der Waals surface area contributed by atoms with Crippen LogP contribution in [0.4, 0.5) is 11.4 Å². The van der Waals surface area contributed by atoms with E-state index in [1.54, 1.807) is 36.4 Å². The highest BCUT2D eigenvalue weighted by molar-refractivity contribution is 7.91. The van der Waals surface area contributed by atoms with Gasteiger partial charge in [-0.25, -0.2) is 13.4 Å². The van der Waals surface area contributed by atoms with E-state index in [1.165, 1.54) is 36.7 Å². The van der Waals surface area contributed by atoms with Gasteiger partial charge in [-0.2, -0.15) is 0 Å². The molecule has 5 N–H and O–H groups in total. The lowest BCUT2D eigenvalue weighted by molar-refractivity contribution is -0.137. The van der Waals surface area contributed by atoms with Crippen molar-refractivity contribution in [3.63, 3.8) is 0 Å². The number of amides is 1. The van der Waals surface area contributed by atoms with E-state index >= 15 is 0 Å². The number of hydrogen-bond donors (Lipinski definition) is 4. The summed E-state index contributed by atoms with van der Waals surface area (Å²) in [6.45, 7) is 0.396. The predicted octanol–water partition coefficient (Wildman–Crippen LogP) is 4.25. The second kappa shape index (κ2) is 12.7. The molecule has 1 unspecified atom stereocenters. The molecule has 1 amide bonds. The van der Waals surface area contributed by atoms with Crippen LogP contribution < -0.4 is 16.4 Å². The van der Waals surface area contributed by atoms with Crippen molar-refractivity contribution < 1.29 is 23.1 Å². The van der Waals surface area contributed by atoms with Gasteiger partial charge in [0.2, 0.25) is 0 Å². The van der Waals surface area contributed by atoms with E-state index in [0.29, 0.717) is 17.8 Å². The van der Waals surface area contributed by atoms with Gasteiger partial charge in [-0.3, -0.25) is 14.6 Å². The van der Waals surface area contributed by atoms with Gasteiger partial charge in [0.15, 0.2) is 15.8 Å². The summed E-state index contributed by atoms with van der Waals surface area (Å²) in [5, 5.41) is 13.7. The number of nitrogens with zero attached hydrogens (tertiary/aromatic N) is 2. The highest BCUT2D eigenvalue weighted by Crippen LogP contribution is 2.32. The van der Waals surface area contributed by atoms with E-state index in [4.69, 9.17) is 5.73 Å². The molecular weight excluding hydrogens is 530 g/mol. The summed E-state index contributed by atoms with van der Waals surface area (Å²) in [7, 11) is -4.13. The standard InChI is InChI=1S/C29H27N5O5S/c30-29(32-18-20-7-2-1-3-8-20)34-23-11-4-9-21(15-23)28(37)33-24-12-5-13-25(16-24)40(38,39)26(17-27(35)36)22-10-6-14-31-19-22/h1-16,19,26H,17-18H2,(H,33,37)(H,35,36)(H3,30,32,34). The number of guanidine groups is 1. The van der Waals surface area contributed by atoms with Gasteiger partial charge in [0, 0.05) is 29.3 Å². The Balaban J connectivity index is 1.49. The number of benzene rings is 3. The Bertz CT molecular complexity index is 1630. The van der Waals surface area contributed by atoms with Crippen molar-refractivity contribution in [2.45, 2.75) is 23.1 Å². The van der Waals surface area contributed by atoms with E-state index < -0.39 is 33.4 Å². The van der Waals surface area contributed by atoms with Gasteiger partial charge in [0.25, 0.3) is 5.91 Å². The first-order valence-electron chi connectivity index (χ1n) is 12.2. The summed E-state index contributed by atoms with van der Waals surface area (Å²) in [4.78, 5) is 32.6. The molecule has 0 saturated heterocycles. The molecule has 1 atom stereocenters. The molecule has 4 aromatic rings. The van der Waals surface area contributed by atoms with Crippen molar-refractivity contribution in [3.05, 3.63) is 120 Å². The van der Waals surface area contributed by atoms with Crippen molar-refractivity contribution >= 4 is 39.0 Å². The molecule has 0 fully saturated rings. The molecule has 3 aromatic carbocycles. The molecule has 1 aromatic heterocycles. The minimum absolute atomic E-state index is 0.127. The van der Waals surface area contributed by atoms with Crippen molar-refractivity contribution in [2.75, 3.05) is 10.6 Å². The zero-order chi connectivity index (χ0) is 28.5. The molecular formula is C29H27N5O5S. The number of aromatic nitrogens is 1. The van der Waals surface area contributed by atoms with E-state index in [0.717, 1.165) is 5.56 Å². The Hall–Kier alpha value is -5.03. The van der Waals surface area contributed by atoms with Crippen molar-refractivity contribution in [2.24, 2.45) is 10.7 Å². The minimum Gasteiger partial charge on any atom is -0.481 e. The van der Waals surface area contributed by atoms with E-state index in [-0.39, 0.29) is 22.1 Å². The van der Waals surface area contributed by atoms with Crippen LogP contribution in [-0.4, -0.2) is 36.3 Å². The average Bonchev–Trinajstić information content (AvgIpc) is 2.96. The first kappa shape index (κ1) is 28.0. The second-order valence-electron chi connectivity index (χ2n) is 8.79. The minimum atomic E-state index is -4.13. The number of sulfone groups is 1. The molecule has 4 rings (SSSR count). The third-order valence-electron chi connectivity index (χ3n) is 5.88. The fourth-order valence-electron chi connectivity index (χ4n) is 3.94. The normalized spacial score (nSPS) is 12.3. The highest BCUT2D eigenvalue weighted by atomic mass is 32.2. The summed E-state index contributed by atoms with van der Waals surface area (Å²) < 4.78 is 26.9. The Kier molecular flexibility index (Phi) is 8.87. The number of aliphatic imine (C=N–C) groups is 1. The summed E-state index contributed by atoms with van der Waals surface area (Å²) in [6.07, 6.45) is 2.17. The van der Waals surface area contributed by atoms with Crippen LogP contribution in [0.25, 0.3) is 0 Å². The molecule has 0 aliphatic rings. The summed E-state index contributed by atoms with van der Waals surface area (Å²) in [6, 6.07) is 25.0. The maximum absolute atomic E-state index is 13.4. The van der Waals surface area contributed by atoms with Gasteiger partial charge in [0.05, 0.1) is 17.9 Å². The molecule has 204 valence electrons. The number of aliphatic carboxylic acids is 1. The molecule has 11 heteroatoms. The number of rotatable bonds is 10. The molecule has 0 aliphatic heterocycles. The van der Waals surface area contributed by atoms with Crippen LogP contribution in [0.1, 0.15) is 33.2 Å². The van der Waals surface area contributed by atoms with Gasteiger partial charge < -0.3 is 21.5 Å². The topological polar surface area (TPSA) is 164 Å². The van der Waals surface area contributed by atoms with Crippen molar-refractivity contribution in [1.82, 2.24) is 4.98 Å². The molecule has 0 bridgehead atoms. The Labute approximate surface area is 231 Å². The van der Waals surface area contributed by atoms with Crippen LogP contribution in [0, 0.1) is 0 Å². The Morgan fingerprint density at radius 2 is 1.62 bits per heavy atom. The van der Waals surface area contributed by atoms with Gasteiger partial charge in [0.1, 0.15) is 5.25 Å². The number of hydrogen-bond acceptors (Lipinski definition) is 6. The second-order valence-corrected chi connectivity index (χ2v) is 10.9. The van der Waals surface area contributed by atoms with Gasteiger partial charge in [-0.1, -0.05) is 48.5 Å². The number of nitrogens with two attached hydrogens (primary N) is 1. The van der Waals surface area contributed by atoms with E-state index in [2.05, 4.69) is 20.6 Å².